The Labute approximate surface area is 286 Å². The first-order valence-electron chi connectivity index (χ1n) is 15.5. The van der Waals surface area contributed by atoms with E-state index in [-0.39, 0.29) is 5.56 Å². The van der Waals surface area contributed by atoms with Crippen LogP contribution in [0.3, 0.4) is 0 Å². The number of thiazole rings is 1. The maximum absolute atomic E-state index is 13.6. The molecule has 3 aromatic heterocycles. The van der Waals surface area contributed by atoms with Crippen molar-refractivity contribution in [2.75, 3.05) is 13.7 Å². The molecule has 242 valence electrons. The Morgan fingerprint density at radius 2 is 1.67 bits per heavy atom. The smallest absolute Gasteiger partial charge is 0.291 e. The third-order valence-corrected chi connectivity index (χ3v) is 8.53. The molecule has 3 heterocycles. The predicted molar refractivity (Wildman–Crippen MR) is 193 cm³/mol. The predicted octanol–water partition coefficient (Wildman–Crippen LogP) is 6.87. The van der Waals surface area contributed by atoms with Crippen LogP contribution < -0.4 is 24.3 Å². The van der Waals surface area contributed by atoms with Crippen LogP contribution in [-0.2, 0) is 6.61 Å². The first-order valence-corrected chi connectivity index (χ1v) is 16.3. The summed E-state index contributed by atoms with van der Waals surface area (Å²) in [5.74, 6) is 2.37. The monoisotopic (exact) mass is 665 g/mol. The van der Waals surface area contributed by atoms with E-state index in [9.17, 15) is 4.79 Å². The number of ether oxygens (including phenoxy) is 3. The van der Waals surface area contributed by atoms with Crippen molar-refractivity contribution in [2.45, 2.75) is 6.61 Å². The van der Waals surface area contributed by atoms with Gasteiger partial charge >= 0.3 is 0 Å². The Bertz CT molecular complexity index is 2380. The van der Waals surface area contributed by atoms with Gasteiger partial charge in [-0.15, -0.1) is 5.10 Å². The highest BCUT2D eigenvalue weighted by atomic mass is 32.1. The Balaban J connectivity index is 1.20. The van der Waals surface area contributed by atoms with Gasteiger partial charge in [-0.3, -0.25) is 4.79 Å². The molecule has 0 aliphatic rings. The molecule has 0 aliphatic heterocycles. The average Bonchev–Trinajstić information content (AvgIpc) is 3.84. The summed E-state index contributed by atoms with van der Waals surface area (Å²) in [6.45, 7) is 4.51. The SMILES string of the molecule is C=CCOc1ccc(/C=C/c2nc3s/c(=C\c4cn(-c5ccccc5)nc4-c4cccc(OCc5ccccc5)c4)c(=O)n3n2)cc1OC. The van der Waals surface area contributed by atoms with E-state index >= 15 is 0 Å². The molecule has 0 bridgehead atoms. The molecule has 0 unspecified atom stereocenters. The van der Waals surface area contributed by atoms with E-state index in [4.69, 9.17) is 19.3 Å². The van der Waals surface area contributed by atoms with Gasteiger partial charge in [0.15, 0.2) is 17.3 Å². The number of para-hydroxylation sites is 1. The fourth-order valence-electron chi connectivity index (χ4n) is 5.19. The van der Waals surface area contributed by atoms with E-state index in [1.54, 1.807) is 19.3 Å². The average molecular weight is 666 g/mol. The molecule has 0 aliphatic carbocycles. The molecule has 10 heteroatoms. The Hall–Kier alpha value is -6.26. The summed E-state index contributed by atoms with van der Waals surface area (Å²) < 4.78 is 20.9. The van der Waals surface area contributed by atoms with Gasteiger partial charge in [0.05, 0.1) is 17.3 Å². The van der Waals surface area contributed by atoms with Crippen LogP contribution in [0.25, 0.3) is 40.1 Å². The summed E-state index contributed by atoms with van der Waals surface area (Å²) >= 11 is 1.28. The van der Waals surface area contributed by atoms with Crippen molar-refractivity contribution in [3.05, 3.63) is 159 Å². The number of rotatable bonds is 12. The summed E-state index contributed by atoms with van der Waals surface area (Å²) in [5, 5.41) is 9.41. The Morgan fingerprint density at radius 3 is 2.45 bits per heavy atom. The maximum atomic E-state index is 13.6. The molecule has 0 spiro atoms. The summed E-state index contributed by atoms with van der Waals surface area (Å²) in [6.07, 6.45) is 9.07. The van der Waals surface area contributed by atoms with Crippen LogP contribution in [0.15, 0.2) is 127 Å². The van der Waals surface area contributed by atoms with E-state index in [1.165, 1.54) is 15.9 Å². The second-order valence-corrected chi connectivity index (χ2v) is 11.9. The summed E-state index contributed by atoms with van der Waals surface area (Å²) in [7, 11) is 1.59. The molecule has 0 atom stereocenters. The van der Waals surface area contributed by atoms with Gasteiger partial charge in [-0.2, -0.15) is 14.6 Å². The van der Waals surface area contributed by atoms with Crippen molar-refractivity contribution in [1.29, 1.82) is 0 Å². The van der Waals surface area contributed by atoms with Crippen LogP contribution in [0.2, 0.25) is 0 Å². The van der Waals surface area contributed by atoms with Gasteiger partial charge in [0, 0.05) is 17.3 Å². The van der Waals surface area contributed by atoms with Crippen molar-refractivity contribution < 1.29 is 14.2 Å². The van der Waals surface area contributed by atoms with Crippen molar-refractivity contribution in [3.63, 3.8) is 0 Å². The van der Waals surface area contributed by atoms with E-state index < -0.39 is 0 Å². The van der Waals surface area contributed by atoms with Gasteiger partial charge in [0.2, 0.25) is 4.96 Å². The van der Waals surface area contributed by atoms with Gasteiger partial charge in [-0.25, -0.2) is 4.68 Å². The molecular formula is C39H31N5O4S. The van der Waals surface area contributed by atoms with Gasteiger partial charge in [0.1, 0.15) is 24.7 Å². The lowest BCUT2D eigenvalue weighted by atomic mass is 10.1. The number of methoxy groups -OCH3 is 1. The zero-order valence-corrected chi connectivity index (χ0v) is 27.4. The van der Waals surface area contributed by atoms with E-state index in [1.807, 2.05) is 126 Å². The molecule has 9 nitrogen and oxygen atoms in total. The molecule has 0 amide bonds. The zero-order valence-electron chi connectivity index (χ0n) is 26.6. The minimum Gasteiger partial charge on any atom is -0.493 e. The van der Waals surface area contributed by atoms with E-state index in [0.717, 1.165) is 33.7 Å². The Morgan fingerprint density at radius 1 is 0.857 bits per heavy atom. The molecule has 0 N–H and O–H groups in total. The van der Waals surface area contributed by atoms with Gasteiger partial charge < -0.3 is 14.2 Å². The van der Waals surface area contributed by atoms with Crippen LogP contribution in [0, 0.1) is 0 Å². The Kier molecular flexibility index (Phi) is 9.11. The summed E-state index contributed by atoms with van der Waals surface area (Å²) in [4.78, 5) is 18.7. The fraction of sp³-hybridized carbons (Fsp3) is 0.0769. The van der Waals surface area contributed by atoms with Crippen molar-refractivity contribution in [2.24, 2.45) is 0 Å². The first kappa shape index (κ1) is 31.3. The third kappa shape index (κ3) is 7.04. The number of aromatic nitrogens is 5. The zero-order chi connectivity index (χ0) is 33.6. The molecular weight excluding hydrogens is 635 g/mol. The van der Waals surface area contributed by atoms with Gasteiger partial charge in [-0.1, -0.05) is 96.8 Å². The quantitative estimate of drug-likeness (QED) is 0.132. The lowest BCUT2D eigenvalue weighted by molar-refractivity contribution is 0.306. The molecule has 0 saturated carbocycles. The van der Waals surface area contributed by atoms with Crippen molar-refractivity contribution in [1.82, 2.24) is 24.4 Å². The number of nitrogens with zero attached hydrogens (tertiary/aromatic N) is 5. The lowest BCUT2D eigenvalue weighted by Gasteiger charge is -2.09. The van der Waals surface area contributed by atoms with E-state index in [2.05, 4.69) is 16.7 Å². The maximum Gasteiger partial charge on any atom is 0.291 e. The number of fused-ring (bicyclic) bond motifs is 1. The highest BCUT2D eigenvalue weighted by Gasteiger charge is 2.15. The largest absolute Gasteiger partial charge is 0.493 e. The highest BCUT2D eigenvalue weighted by molar-refractivity contribution is 7.15. The molecule has 0 saturated heterocycles. The van der Waals surface area contributed by atoms with Crippen molar-refractivity contribution >= 4 is 34.5 Å². The van der Waals surface area contributed by atoms with Gasteiger partial charge in [-0.05, 0) is 59.7 Å². The standard InChI is InChI=1S/C39H31N5O4S/c1-3-21-47-33-19-17-27(22-34(33)46-2)18-20-36-40-39-44(41-36)38(45)35(49-39)24-30-25-43(31-14-8-5-9-15-31)42-37(30)29-13-10-16-32(23-29)48-26-28-11-6-4-7-12-28/h3-20,22-25H,1,21,26H2,2H3/b20-18+,35-24-. The lowest BCUT2D eigenvalue weighted by Crippen LogP contribution is -2.23. The molecule has 0 radical (unpaired) electrons. The number of benzene rings is 4. The van der Waals surface area contributed by atoms with Crippen molar-refractivity contribution in [3.8, 4) is 34.2 Å². The number of hydrogen-bond donors (Lipinski definition) is 0. The fourth-order valence-corrected chi connectivity index (χ4v) is 6.10. The highest BCUT2D eigenvalue weighted by Crippen LogP contribution is 2.30. The summed E-state index contributed by atoms with van der Waals surface area (Å²) in [6, 6.07) is 33.3. The minimum absolute atomic E-state index is 0.254. The first-order chi connectivity index (χ1) is 24.1. The van der Waals surface area contributed by atoms with Crippen LogP contribution in [0.4, 0.5) is 0 Å². The van der Waals surface area contributed by atoms with Crippen LogP contribution in [-0.4, -0.2) is 38.1 Å². The molecule has 7 aromatic rings. The van der Waals surface area contributed by atoms with Crippen LogP contribution in [0.1, 0.15) is 22.5 Å². The van der Waals surface area contributed by atoms with Crippen LogP contribution in [0.5, 0.6) is 17.2 Å². The molecule has 7 rings (SSSR count). The summed E-state index contributed by atoms with van der Waals surface area (Å²) in [5.41, 5.74) is 4.95. The normalized spacial score (nSPS) is 11.7. The third-order valence-electron chi connectivity index (χ3n) is 7.57. The molecule has 0 fully saturated rings. The van der Waals surface area contributed by atoms with Crippen LogP contribution >= 0.6 is 11.3 Å². The van der Waals surface area contributed by atoms with Gasteiger partial charge in [0.25, 0.3) is 5.56 Å². The second-order valence-electron chi connectivity index (χ2n) is 10.9. The topological polar surface area (TPSA) is 92.8 Å². The second kappa shape index (κ2) is 14.2. The van der Waals surface area contributed by atoms with E-state index in [0.29, 0.717) is 45.7 Å². The molecule has 49 heavy (non-hydrogen) atoms. The molecule has 4 aromatic carbocycles. The minimum atomic E-state index is -0.254. The number of hydrogen-bond acceptors (Lipinski definition) is 8.